The van der Waals surface area contributed by atoms with Crippen molar-refractivity contribution in [2.75, 3.05) is 0 Å². The van der Waals surface area contributed by atoms with Crippen LogP contribution in [-0.2, 0) is 12.2 Å². The molecule has 1 aromatic heterocycles. The lowest BCUT2D eigenvalue weighted by molar-refractivity contribution is 0.462. The molecular formula is C9H10N2OS. The lowest BCUT2D eigenvalue weighted by Gasteiger charge is -2.07. The van der Waals surface area contributed by atoms with Gasteiger partial charge in [0.1, 0.15) is 5.75 Å². The van der Waals surface area contributed by atoms with E-state index in [0.717, 1.165) is 5.56 Å². The fourth-order valence-corrected chi connectivity index (χ4v) is 1.45. The maximum Gasteiger partial charge on any atom is 0.141 e. The van der Waals surface area contributed by atoms with Crippen molar-refractivity contribution in [2.24, 2.45) is 0 Å². The zero-order valence-corrected chi connectivity index (χ0v) is 8.17. The van der Waals surface area contributed by atoms with Crippen LogP contribution >= 0.6 is 12.6 Å². The molecule has 0 aliphatic heterocycles. The summed E-state index contributed by atoms with van der Waals surface area (Å²) in [6.07, 6.45) is 1.88. The average Bonchev–Trinajstić information content (AvgIpc) is 2.12. The number of rotatable bonds is 2. The maximum absolute atomic E-state index is 9.58. The lowest BCUT2D eigenvalue weighted by atomic mass is 10.1. The minimum atomic E-state index is 0.155. The zero-order chi connectivity index (χ0) is 9.84. The van der Waals surface area contributed by atoms with Crippen molar-refractivity contribution < 1.29 is 5.11 Å². The summed E-state index contributed by atoms with van der Waals surface area (Å²) < 4.78 is 0. The summed E-state index contributed by atoms with van der Waals surface area (Å²) in [7, 11) is 0. The van der Waals surface area contributed by atoms with Crippen LogP contribution in [0.4, 0.5) is 0 Å². The Balaban J connectivity index is 3.23. The molecular weight excluding hydrogens is 184 g/mol. The van der Waals surface area contributed by atoms with Gasteiger partial charge < -0.3 is 5.11 Å². The monoisotopic (exact) mass is 194 g/mol. The minimum absolute atomic E-state index is 0.155. The molecule has 0 aromatic carbocycles. The van der Waals surface area contributed by atoms with E-state index in [1.165, 1.54) is 0 Å². The van der Waals surface area contributed by atoms with Gasteiger partial charge in [0.15, 0.2) is 0 Å². The molecule has 0 amide bonds. The number of aromatic hydroxyl groups is 1. The van der Waals surface area contributed by atoms with Crippen LogP contribution in [0.2, 0.25) is 0 Å². The summed E-state index contributed by atoms with van der Waals surface area (Å²) in [6.45, 7) is 1.72. The van der Waals surface area contributed by atoms with Crippen LogP contribution < -0.4 is 0 Å². The van der Waals surface area contributed by atoms with Crippen LogP contribution in [0.25, 0.3) is 0 Å². The van der Waals surface area contributed by atoms with E-state index in [2.05, 4.69) is 17.6 Å². The molecule has 0 fully saturated rings. The first-order valence-electron chi connectivity index (χ1n) is 3.84. The van der Waals surface area contributed by atoms with Crippen LogP contribution in [0.15, 0.2) is 6.20 Å². The Morgan fingerprint density at radius 2 is 2.38 bits per heavy atom. The quantitative estimate of drug-likeness (QED) is 0.703. The zero-order valence-electron chi connectivity index (χ0n) is 7.28. The Kier molecular flexibility index (Phi) is 3.15. The largest absolute Gasteiger partial charge is 0.506 e. The fourth-order valence-electron chi connectivity index (χ4n) is 1.10. The van der Waals surface area contributed by atoms with Gasteiger partial charge in [-0.3, -0.25) is 4.98 Å². The van der Waals surface area contributed by atoms with Crippen LogP contribution in [0, 0.1) is 18.3 Å². The summed E-state index contributed by atoms with van der Waals surface area (Å²) in [5.74, 6) is 0.578. The molecule has 1 N–H and O–H groups in total. The van der Waals surface area contributed by atoms with Gasteiger partial charge in [0.05, 0.1) is 18.2 Å². The molecule has 68 valence electrons. The van der Waals surface area contributed by atoms with E-state index in [1.807, 2.05) is 6.07 Å². The molecule has 1 aromatic rings. The number of aromatic nitrogens is 1. The van der Waals surface area contributed by atoms with Gasteiger partial charge in [-0.1, -0.05) is 0 Å². The highest BCUT2D eigenvalue weighted by Crippen LogP contribution is 2.25. The molecule has 0 aliphatic rings. The molecule has 0 bridgehead atoms. The predicted octanol–water partition coefficient (Wildman–Crippen LogP) is 1.59. The highest BCUT2D eigenvalue weighted by molar-refractivity contribution is 7.79. The molecule has 0 spiro atoms. The third kappa shape index (κ3) is 1.93. The first-order valence-corrected chi connectivity index (χ1v) is 4.48. The molecule has 1 rings (SSSR count). The summed E-state index contributed by atoms with van der Waals surface area (Å²) >= 11 is 4.09. The van der Waals surface area contributed by atoms with Gasteiger partial charge in [-0.15, -0.1) is 0 Å². The second-order valence-corrected chi connectivity index (χ2v) is 3.01. The molecule has 0 aliphatic carbocycles. The standard InChI is InChI=1S/C9H10N2OS/c1-6-9(12)8(5-13)7(2-3-10)4-11-6/h4,12-13H,2,5H2,1H3. The van der Waals surface area contributed by atoms with Gasteiger partial charge in [-0.25, -0.2) is 0 Å². The van der Waals surface area contributed by atoms with Crippen molar-refractivity contribution in [1.82, 2.24) is 4.98 Å². The van der Waals surface area contributed by atoms with Gasteiger partial charge in [0.2, 0.25) is 0 Å². The Morgan fingerprint density at radius 3 is 2.92 bits per heavy atom. The van der Waals surface area contributed by atoms with Crippen LogP contribution in [0.5, 0.6) is 5.75 Å². The van der Waals surface area contributed by atoms with Crippen molar-refractivity contribution in [2.45, 2.75) is 19.1 Å². The molecule has 0 radical (unpaired) electrons. The van der Waals surface area contributed by atoms with Gasteiger partial charge in [0.25, 0.3) is 0 Å². The Bertz CT molecular complexity index is 357. The lowest BCUT2D eigenvalue weighted by Crippen LogP contribution is -1.95. The highest BCUT2D eigenvalue weighted by Gasteiger charge is 2.09. The molecule has 0 saturated carbocycles. The number of hydrogen-bond donors (Lipinski definition) is 2. The third-order valence-corrected chi connectivity index (χ3v) is 2.17. The fraction of sp³-hybridized carbons (Fsp3) is 0.333. The average molecular weight is 194 g/mol. The van der Waals surface area contributed by atoms with E-state index in [1.54, 1.807) is 13.1 Å². The van der Waals surface area contributed by atoms with E-state index in [-0.39, 0.29) is 12.2 Å². The first-order chi connectivity index (χ1) is 6.20. The van der Waals surface area contributed by atoms with Gasteiger partial charge >= 0.3 is 0 Å². The van der Waals surface area contributed by atoms with Crippen molar-refractivity contribution in [3.8, 4) is 11.8 Å². The van der Waals surface area contributed by atoms with E-state index < -0.39 is 0 Å². The van der Waals surface area contributed by atoms with Crippen LogP contribution in [0.1, 0.15) is 16.8 Å². The molecule has 0 saturated heterocycles. The van der Waals surface area contributed by atoms with Crippen LogP contribution in [0.3, 0.4) is 0 Å². The number of nitriles is 1. The van der Waals surface area contributed by atoms with Crippen molar-refractivity contribution in [3.05, 3.63) is 23.0 Å². The first kappa shape index (κ1) is 9.87. The van der Waals surface area contributed by atoms with Crippen molar-refractivity contribution in [1.29, 1.82) is 5.26 Å². The molecule has 0 atom stereocenters. The Labute approximate surface area is 82.5 Å². The Hall–Kier alpha value is -1.21. The summed E-state index contributed by atoms with van der Waals surface area (Å²) in [6, 6.07) is 2.02. The number of thiol groups is 1. The number of pyridine rings is 1. The Morgan fingerprint density at radius 1 is 1.69 bits per heavy atom. The second-order valence-electron chi connectivity index (χ2n) is 2.69. The van der Waals surface area contributed by atoms with Gasteiger partial charge in [0, 0.05) is 17.5 Å². The SMILES string of the molecule is Cc1ncc(CC#N)c(CS)c1O. The molecule has 3 nitrogen and oxygen atoms in total. The summed E-state index contributed by atoms with van der Waals surface area (Å²) in [5, 5.41) is 18.1. The van der Waals surface area contributed by atoms with Crippen molar-refractivity contribution in [3.63, 3.8) is 0 Å². The van der Waals surface area contributed by atoms with E-state index in [4.69, 9.17) is 5.26 Å². The normalized spacial score (nSPS) is 9.62. The predicted molar refractivity (Wildman–Crippen MR) is 52.6 cm³/mol. The third-order valence-electron chi connectivity index (χ3n) is 1.86. The number of nitrogens with zero attached hydrogens (tertiary/aromatic N) is 2. The molecule has 4 heteroatoms. The minimum Gasteiger partial charge on any atom is -0.506 e. The summed E-state index contributed by atoms with van der Waals surface area (Å²) in [5.41, 5.74) is 2.03. The van der Waals surface area contributed by atoms with E-state index in [9.17, 15) is 5.11 Å². The number of hydrogen-bond acceptors (Lipinski definition) is 4. The molecule has 0 unspecified atom stereocenters. The van der Waals surface area contributed by atoms with E-state index in [0.29, 0.717) is 17.0 Å². The maximum atomic E-state index is 9.58. The van der Waals surface area contributed by atoms with Crippen molar-refractivity contribution >= 4 is 12.6 Å². The van der Waals surface area contributed by atoms with Gasteiger partial charge in [-0.2, -0.15) is 17.9 Å². The topological polar surface area (TPSA) is 56.9 Å². The molecule has 13 heavy (non-hydrogen) atoms. The van der Waals surface area contributed by atoms with E-state index >= 15 is 0 Å². The highest BCUT2D eigenvalue weighted by atomic mass is 32.1. The van der Waals surface area contributed by atoms with Crippen LogP contribution in [-0.4, -0.2) is 10.1 Å². The molecule has 1 heterocycles. The summed E-state index contributed by atoms with van der Waals surface area (Å²) in [4.78, 5) is 3.97. The number of aryl methyl sites for hydroxylation is 1. The smallest absolute Gasteiger partial charge is 0.141 e. The van der Waals surface area contributed by atoms with Gasteiger partial charge in [-0.05, 0) is 12.5 Å². The second kappa shape index (κ2) is 4.15.